The molecule has 0 spiro atoms. The molecule has 4 aromatic rings. The lowest BCUT2D eigenvalue weighted by Crippen LogP contribution is -2.34. The van der Waals surface area contributed by atoms with Gasteiger partial charge in [0, 0.05) is 42.6 Å². The van der Waals surface area contributed by atoms with Crippen LogP contribution in [0.15, 0.2) is 67.1 Å². The zero-order valence-electron chi connectivity index (χ0n) is 15.7. The first-order chi connectivity index (χ1) is 14.4. The molecule has 2 N–H and O–H groups in total. The third-order valence-electron chi connectivity index (χ3n) is 4.87. The van der Waals surface area contributed by atoms with Crippen molar-refractivity contribution in [2.45, 2.75) is 6.10 Å². The molecule has 1 atom stereocenters. The maximum absolute atomic E-state index is 5.88. The van der Waals surface area contributed by atoms with Crippen molar-refractivity contribution >= 4 is 22.5 Å². The quantitative estimate of drug-likeness (QED) is 0.557. The van der Waals surface area contributed by atoms with Gasteiger partial charge in [-0.3, -0.25) is 9.97 Å². The van der Waals surface area contributed by atoms with Crippen LogP contribution in [0.4, 0.5) is 11.6 Å². The van der Waals surface area contributed by atoms with E-state index >= 15 is 0 Å². The first-order valence-corrected chi connectivity index (χ1v) is 9.60. The van der Waals surface area contributed by atoms with Gasteiger partial charge in [-0.2, -0.15) is 0 Å². The summed E-state index contributed by atoms with van der Waals surface area (Å²) in [7, 11) is 0. The molecule has 144 valence electrons. The minimum absolute atomic E-state index is 0.100. The van der Waals surface area contributed by atoms with Gasteiger partial charge >= 0.3 is 0 Å². The van der Waals surface area contributed by atoms with Gasteiger partial charge in [0.25, 0.3) is 0 Å². The lowest BCUT2D eigenvalue weighted by Gasteiger charge is -2.24. The summed E-state index contributed by atoms with van der Waals surface area (Å²) in [5.41, 5.74) is 4.40. The fraction of sp³-hybridized carbons (Fsp3) is 0.182. The van der Waals surface area contributed by atoms with Crippen LogP contribution in [-0.4, -0.2) is 39.6 Å². The Morgan fingerprint density at radius 2 is 1.93 bits per heavy atom. The van der Waals surface area contributed by atoms with Gasteiger partial charge in [0.2, 0.25) is 5.95 Å². The fourth-order valence-corrected chi connectivity index (χ4v) is 3.49. The van der Waals surface area contributed by atoms with Crippen LogP contribution in [-0.2, 0) is 4.74 Å². The first-order valence-electron chi connectivity index (χ1n) is 9.60. The number of aromatic nitrogens is 4. The van der Waals surface area contributed by atoms with E-state index in [1.165, 1.54) is 0 Å². The second-order valence-electron chi connectivity index (χ2n) is 6.78. The Balaban J connectivity index is 1.52. The Kier molecular flexibility index (Phi) is 4.81. The third kappa shape index (κ3) is 3.65. The van der Waals surface area contributed by atoms with E-state index in [0.717, 1.165) is 46.6 Å². The maximum Gasteiger partial charge on any atom is 0.227 e. The van der Waals surface area contributed by atoms with Crippen molar-refractivity contribution in [2.24, 2.45) is 0 Å². The first kappa shape index (κ1) is 17.7. The van der Waals surface area contributed by atoms with Crippen molar-refractivity contribution in [3.05, 3.63) is 72.8 Å². The number of nitrogens with zero attached hydrogens (tertiary/aromatic N) is 4. The highest BCUT2D eigenvalue weighted by Gasteiger charge is 2.20. The van der Waals surface area contributed by atoms with Crippen LogP contribution in [0.1, 0.15) is 11.8 Å². The van der Waals surface area contributed by atoms with Crippen LogP contribution in [0.2, 0.25) is 0 Å². The SMILES string of the molecule is c1ccc(-c2cccc3cnc(Nc4cccnc4C4CNCCO4)nc23)nc1. The Hall–Kier alpha value is -3.42. The molecule has 1 aliphatic rings. The molecule has 1 aliphatic heterocycles. The van der Waals surface area contributed by atoms with E-state index in [2.05, 4.69) is 25.6 Å². The summed E-state index contributed by atoms with van der Waals surface area (Å²) in [5, 5.41) is 7.63. The highest BCUT2D eigenvalue weighted by Crippen LogP contribution is 2.29. The molecule has 3 aromatic heterocycles. The van der Waals surface area contributed by atoms with Gasteiger partial charge in [0.05, 0.1) is 29.2 Å². The van der Waals surface area contributed by atoms with Crippen LogP contribution < -0.4 is 10.6 Å². The highest BCUT2D eigenvalue weighted by molar-refractivity contribution is 5.92. The summed E-state index contributed by atoms with van der Waals surface area (Å²) in [6.45, 7) is 2.25. The number of morpholine rings is 1. The molecule has 7 heteroatoms. The number of para-hydroxylation sites is 1. The van der Waals surface area contributed by atoms with E-state index < -0.39 is 0 Å². The van der Waals surface area contributed by atoms with Gasteiger partial charge in [0.1, 0.15) is 6.10 Å². The predicted octanol–water partition coefficient (Wildman–Crippen LogP) is 3.49. The summed E-state index contributed by atoms with van der Waals surface area (Å²) in [6.07, 6.45) is 5.29. The lowest BCUT2D eigenvalue weighted by atomic mass is 10.1. The van der Waals surface area contributed by atoms with E-state index in [9.17, 15) is 0 Å². The minimum atomic E-state index is -0.100. The normalized spacial score (nSPS) is 16.6. The molecule has 1 unspecified atom stereocenters. The van der Waals surface area contributed by atoms with Gasteiger partial charge in [-0.05, 0) is 24.3 Å². The number of hydrogen-bond acceptors (Lipinski definition) is 7. The fourth-order valence-electron chi connectivity index (χ4n) is 3.49. The maximum atomic E-state index is 5.88. The molecule has 0 radical (unpaired) electrons. The average molecular weight is 384 g/mol. The monoisotopic (exact) mass is 384 g/mol. The Bertz CT molecular complexity index is 1130. The van der Waals surface area contributed by atoms with Crippen molar-refractivity contribution in [2.75, 3.05) is 25.0 Å². The molecule has 0 amide bonds. The molecular weight excluding hydrogens is 364 g/mol. The molecule has 7 nitrogen and oxygen atoms in total. The molecular formula is C22H20N6O. The zero-order valence-corrected chi connectivity index (χ0v) is 15.7. The molecule has 0 saturated carbocycles. The summed E-state index contributed by atoms with van der Waals surface area (Å²) >= 11 is 0. The third-order valence-corrected chi connectivity index (χ3v) is 4.87. The number of pyridine rings is 2. The van der Waals surface area contributed by atoms with Crippen LogP contribution in [0.3, 0.4) is 0 Å². The Labute approximate surface area is 168 Å². The predicted molar refractivity (Wildman–Crippen MR) is 112 cm³/mol. The van der Waals surface area contributed by atoms with Crippen molar-refractivity contribution in [1.82, 2.24) is 25.3 Å². The zero-order chi connectivity index (χ0) is 19.5. The number of fused-ring (bicyclic) bond motifs is 1. The number of hydrogen-bond donors (Lipinski definition) is 2. The molecule has 0 bridgehead atoms. The van der Waals surface area contributed by atoms with Gasteiger partial charge in [0.15, 0.2) is 0 Å². The molecule has 29 heavy (non-hydrogen) atoms. The Morgan fingerprint density at radius 1 is 0.966 bits per heavy atom. The van der Waals surface area contributed by atoms with Crippen LogP contribution in [0.25, 0.3) is 22.2 Å². The van der Waals surface area contributed by atoms with E-state index in [0.29, 0.717) is 12.6 Å². The van der Waals surface area contributed by atoms with Gasteiger partial charge < -0.3 is 15.4 Å². The van der Waals surface area contributed by atoms with Crippen molar-refractivity contribution in [3.63, 3.8) is 0 Å². The minimum Gasteiger partial charge on any atom is -0.369 e. The van der Waals surface area contributed by atoms with Crippen molar-refractivity contribution < 1.29 is 4.74 Å². The highest BCUT2D eigenvalue weighted by atomic mass is 16.5. The standard InChI is InChI=1S/C22H20N6O/c1-2-9-24-17(7-1)16-6-3-5-15-13-26-22(28-20(15)16)27-18-8-4-10-25-21(18)19-14-23-11-12-29-19/h1-10,13,19,23H,11-12,14H2,(H,26,27,28). The van der Waals surface area contributed by atoms with E-state index in [-0.39, 0.29) is 6.10 Å². The van der Waals surface area contributed by atoms with Crippen LogP contribution in [0, 0.1) is 0 Å². The molecule has 1 fully saturated rings. The van der Waals surface area contributed by atoms with Crippen LogP contribution in [0.5, 0.6) is 0 Å². The summed E-state index contributed by atoms with van der Waals surface area (Å²) in [5.74, 6) is 0.513. The number of nitrogens with one attached hydrogen (secondary N) is 2. The molecule has 1 aromatic carbocycles. The summed E-state index contributed by atoms with van der Waals surface area (Å²) in [4.78, 5) is 18.3. The number of ether oxygens (including phenoxy) is 1. The van der Waals surface area contributed by atoms with E-state index in [4.69, 9.17) is 9.72 Å². The smallest absolute Gasteiger partial charge is 0.227 e. The van der Waals surface area contributed by atoms with Crippen molar-refractivity contribution in [3.8, 4) is 11.3 Å². The molecule has 4 heterocycles. The second-order valence-corrected chi connectivity index (χ2v) is 6.78. The number of rotatable bonds is 4. The van der Waals surface area contributed by atoms with Crippen LogP contribution >= 0.6 is 0 Å². The second kappa shape index (κ2) is 7.90. The lowest BCUT2D eigenvalue weighted by molar-refractivity contribution is 0.0255. The molecule has 1 saturated heterocycles. The van der Waals surface area contributed by atoms with E-state index in [1.54, 1.807) is 12.4 Å². The molecule has 0 aliphatic carbocycles. The topological polar surface area (TPSA) is 84.9 Å². The largest absolute Gasteiger partial charge is 0.369 e. The number of anilines is 2. The Morgan fingerprint density at radius 3 is 2.79 bits per heavy atom. The van der Waals surface area contributed by atoms with Crippen molar-refractivity contribution in [1.29, 1.82) is 0 Å². The summed E-state index contributed by atoms with van der Waals surface area (Å²) < 4.78 is 5.88. The van der Waals surface area contributed by atoms with E-state index in [1.807, 2.05) is 54.7 Å². The van der Waals surface area contributed by atoms with Gasteiger partial charge in [-0.15, -0.1) is 0 Å². The summed E-state index contributed by atoms with van der Waals surface area (Å²) in [6, 6.07) is 15.7. The number of benzene rings is 1. The molecule has 5 rings (SSSR count). The average Bonchev–Trinajstić information content (AvgIpc) is 2.80. The van der Waals surface area contributed by atoms with Gasteiger partial charge in [-0.25, -0.2) is 9.97 Å². The van der Waals surface area contributed by atoms with Gasteiger partial charge in [-0.1, -0.05) is 24.3 Å².